The van der Waals surface area contributed by atoms with Crippen molar-refractivity contribution in [3.05, 3.63) is 24.3 Å². The van der Waals surface area contributed by atoms with E-state index in [2.05, 4.69) is 5.32 Å². The van der Waals surface area contributed by atoms with Crippen LogP contribution in [0.1, 0.15) is 13.3 Å². The number of carbonyl (C=O) groups is 2. The van der Waals surface area contributed by atoms with E-state index < -0.39 is 33.7 Å². The van der Waals surface area contributed by atoms with E-state index in [1.165, 1.54) is 6.92 Å². The van der Waals surface area contributed by atoms with Gasteiger partial charge in [-0.3, -0.25) is 9.59 Å². The van der Waals surface area contributed by atoms with Gasteiger partial charge in [0, 0.05) is 25.5 Å². The zero-order chi connectivity index (χ0) is 17.9. The molecule has 2 atom stereocenters. The monoisotopic (exact) mass is 354 g/mol. The van der Waals surface area contributed by atoms with Crippen LogP contribution in [0.5, 0.6) is 0 Å². The number of ether oxygens (including phenoxy) is 1. The molecule has 1 fully saturated rings. The summed E-state index contributed by atoms with van der Waals surface area (Å²) in [7, 11) is 0.668. The van der Waals surface area contributed by atoms with Crippen molar-refractivity contribution in [1.29, 1.82) is 0 Å². The molecule has 132 valence electrons. The second kappa shape index (κ2) is 7.21. The van der Waals surface area contributed by atoms with Crippen LogP contribution in [0.4, 0.5) is 11.4 Å². The minimum Gasteiger partial charge on any atom is -0.452 e. The molecule has 0 aromatic heterocycles. The molecule has 1 saturated heterocycles. The van der Waals surface area contributed by atoms with Crippen LogP contribution in [0.3, 0.4) is 0 Å². The Balaban J connectivity index is 1.89. The highest BCUT2D eigenvalue weighted by Crippen LogP contribution is 2.21. The lowest BCUT2D eigenvalue weighted by Crippen LogP contribution is -2.32. The molecular weight excluding hydrogens is 332 g/mol. The van der Waals surface area contributed by atoms with Crippen LogP contribution in [-0.4, -0.2) is 52.0 Å². The molecule has 0 spiro atoms. The fraction of sp³-hybridized carbons (Fsp3) is 0.500. The number of nitrogens with one attached hydrogen (secondary N) is 1. The number of sulfone groups is 1. The summed E-state index contributed by atoms with van der Waals surface area (Å²) >= 11 is 0. The van der Waals surface area contributed by atoms with Crippen molar-refractivity contribution in [3.63, 3.8) is 0 Å². The number of hydrogen-bond donors (Lipinski definition) is 1. The van der Waals surface area contributed by atoms with Gasteiger partial charge in [-0.15, -0.1) is 0 Å². The lowest BCUT2D eigenvalue weighted by molar-refractivity contribution is -0.156. The van der Waals surface area contributed by atoms with Crippen LogP contribution in [-0.2, 0) is 24.2 Å². The Morgan fingerprint density at radius 3 is 2.38 bits per heavy atom. The molecule has 0 radical (unpaired) electrons. The Kier molecular flexibility index (Phi) is 5.48. The molecule has 0 saturated carbocycles. The zero-order valence-electron chi connectivity index (χ0n) is 14.0. The molecule has 0 unspecified atom stereocenters. The Labute approximate surface area is 141 Å². The number of carbonyl (C=O) groups excluding carboxylic acids is 2. The summed E-state index contributed by atoms with van der Waals surface area (Å²) in [6.45, 7) is 1.46. The number of rotatable bonds is 5. The summed E-state index contributed by atoms with van der Waals surface area (Å²) in [5.74, 6) is -1.98. The van der Waals surface area contributed by atoms with Crippen molar-refractivity contribution in [2.75, 3.05) is 35.8 Å². The van der Waals surface area contributed by atoms with Gasteiger partial charge in [-0.1, -0.05) is 0 Å². The first kappa shape index (κ1) is 18.3. The van der Waals surface area contributed by atoms with Crippen molar-refractivity contribution >= 4 is 33.1 Å². The Morgan fingerprint density at radius 2 is 1.88 bits per heavy atom. The minimum atomic E-state index is -3.16. The fourth-order valence-corrected chi connectivity index (χ4v) is 4.12. The van der Waals surface area contributed by atoms with Gasteiger partial charge < -0.3 is 15.0 Å². The van der Waals surface area contributed by atoms with Crippen LogP contribution in [0.15, 0.2) is 24.3 Å². The molecular formula is C16H22N2O5S. The number of benzene rings is 1. The summed E-state index contributed by atoms with van der Waals surface area (Å²) in [6, 6.07) is 7.22. The predicted molar refractivity (Wildman–Crippen MR) is 91.7 cm³/mol. The van der Waals surface area contributed by atoms with E-state index in [0.717, 1.165) is 5.69 Å². The molecule has 0 aliphatic carbocycles. The van der Waals surface area contributed by atoms with Gasteiger partial charge >= 0.3 is 5.97 Å². The zero-order valence-corrected chi connectivity index (χ0v) is 14.8. The number of hydrogen-bond acceptors (Lipinski definition) is 6. The average molecular weight is 354 g/mol. The van der Waals surface area contributed by atoms with E-state index in [0.29, 0.717) is 5.69 Å². The molecule has 2 rings (SSSR count). The first-order valence-electron chi connectivity index (χ1n) is 7.67. The maximum absolute atomic E-state index is 12.1. The molecule has 7 nitrogen and oxygen atoms in total. The average Bonchev–Trinajstić information content (AvgIpc) is 2.88. The molecule has 1 N–H and O–H groups in total. The van der Waals surface area contributed by atoms with E-state index in [4.69, 9.17) is 4.74 Å². The Hall–Kier alpha value is -2.09. The summed E-state index contributed by atoms with van der Waals surface area (Å²) in [4.78, 5) is 26.0. The van der Waals surface area contributed by atoms with Gasteiger partial charge in [-0.2, -0.15) is 0 Å². The highest BCUT2D eigenvalue weighted by molar-refractivity contribution is 7.91. The second-order valence-electron chi connectivity index (χ2n) is 6.11. The lowest BCUT2D eigenvalue weighted by Gasteiger charge is -2.16. The molecule has 1 aliphatic heterocycles. The maximum atomic E-state index is 12.1. The van der Waals surface area contributed by atoms with E-state index >= 15 is 0 Å². The van der Waals surface area contributed by atoms with Crippen molar-refractivity contribution < 1.29 is 22.7 Å². The van der Waals surface area contributed by atoms with Crippen LogP contribution in [0.25, 0.3) is 0 Å². The first-order chi connectivity index (χ1) is 11.2. The molecule has 1 aromatic rings. The van der Waals surface area contributed by atoms with Gasteiger partial charge in [-0.05, 0) is 37.6 Å². The summed E-state index contributed by atoms with van der Waals surface area (Å²) in [6.07, 6.45) is -0.740. The van der Waals surface area contributed by atoms with E-state index in [-0.39, 0.29) is 17.9 Å². The summed E-state index contributed by atoms with van der Waals surface area (Å²) in [5.41, 5.74) is 1.59. The van der Waals surface area contributed by atoms with Crippen molar-refractivity contribution in [2.24, 2.45) is 5.92 Å². The minimum absolute atomic E-state index is 0.00837. The smallest absolute Gasteiger partial charge is 0.310 e. The van der Waals surface area contributed by atoms with E-state index in [1.54, 1.807) is 12.1 Å². The third kappa shape index (κ3) is 4.70. The van der Waals surface area contributed by atoms with E-state index in [9.17, 15) is 18.0 Å². The number of esters is 1. The van der Waals surface area contributed by atoms with Gasteiger partial charge in [0.2, 0.25) is 0 Å². The van der Waals surface area contributed by atoms with Crippen molar-refractivity contribution in [3.8, 4) is 0 Å². The standard InChI is InChI=1S/C16H22N2O5S/c1-11(23-16(20)12-8-9-24(21,22)10-12)15(19)17-13-4-6-14(7-5-13)18(2)3/h4-7,11-12H,8-10H2,1-3H3,(H,17,19)/t11-,12+/m1/s1. The molecule has 1 aromatic carbocycles. The number of amides is 1. The predicted octanol–water partition coefficient (Wildman–Crippen LogP) is 1.06. The summed E-state index contributed by atoms with van der Waals surface area (Å²) < 4.78 is 27.9. The molecule has 1 amide bonds. The molecule has 0 bridgehead atoms. The first-order valence-corrected chi connectivity index (χ1v) is 9.49. The molecule has 1 aliphatic rings. The highest BCUT2D eigenvalue weighted by Gasteiger charge is 2.35. The number of nitrogens with zero attached hydrogens (tertiary/aromatic N) is 1. The maximum Gasteiger partial charge on any atom is 0.310 e. The van der Waals surface area contributed by atoms with Crippen LogP contribution in [0, 0.1) is 5.92 Å². The van der Waals surface area contributed by atoms with Gasteiger partial charge in [-0.25, -0.2) is 8.42 Å². The van der Waals surface area contributed by atoms with E-state index in [1.807, 2.05) is 31.1 Å². The highest BCUT2D eigenvalue weighted by atomic mass is 32.2. The van der Waals surface area contributed by atoms with Crippen molar-refractivity contribution in [1.82, 2.24) is 0 Å². The SMILES string of the molecule is C[C@@H](OC(=O)[C@H]1CCS(=O)(=O)C1)C(=O)Nc1ccc(N(C)C)cc1. The second-order valence-corrected chi connectivity index (χ2v) is 8.34. The largest absolute Gasteiger partial charge is 0.452 e. The molecule has 8 heteroatoms. The lowest BCUT2D eigenvalue weighted by atomic mass is 10.1. The normalized spacial score (nSPS) is 20.2. The fourth-order valence-electron chi connectivity index (χ4n) is 2.39. The van der Waals surface area contributed by atoms with Crippen LogP contribution < -0.4 is 10.2 Å². The third-order valence-electron chi connectivity index (χ3n) is 3.88. The van der Waals surface area contributed by atoms with Crippen molar-refractivity contribution in [2.45, 2.75) is 19.4 Å². The van der Waals surface area contributed by atoms with Gasteiger partial charge in [0.15, 0.2) is 15.9 Å². The third-order valence-corrected chi connectivity index (χ3v) is 5.65. The molecule has 24 heavy (non-hydrogen) atoms. The topological polar surface area (TPSA) is 92.8 Å². The Morgan fingerprint density at radius 1 is 1.25 bits per heavy atom. The Bertz CT molecular complexity index is 712. The van der Waals surface area contributed by atoms with Crippen LogP contribution >= 0.6 is 0 Å². The van der Waals surface area contributed by atoms with Gasteiger partial charge in [0.05, 0.1) is 17.4 Å². The number of anilines is 2. The van der Waals surface area contributed by atoms with Crippen LogP contribution in [0.2, 0.25) is 0 Å². The van der Waals surface area contributed by atoms with Gasteiger partial charge in [0.1, 0.15) is 0 Å². The summed E-state index contributed by atoms with van der Waals surface area (Å²) in [5, 5.41) is 2.67. The van der Waals surface area contributed by atoms with Gasteiger partial charge in [0.25, 0.3) is 5.91 Å². The molecule has 1 heterocycles. The quantitative estimate of drug-likeness (QED) is 0.795.